The van der Waals surface area contributed by atoms with Gasteiger partial charge in [0.15, 0.2) is 0 Å². The molecule has 4 nitrogen and oxygen atoms in total. The number of hydrogen-bond donors (Lipinski definition) is 2. The second-order valence-electron chi connectivity index (χ2n) is 3.91. The van der Waals surface area contributed by atoms with Crippen molar-refractivity contribution in [2.45, 2.75) is 52.4 Å². The van der Waals surface area contributed by atoms with Crippen molar-refractivity contribution in [3.05, 3.63) is 0 Å². The molecule has 0 radical (unpaired) electrons. The van der Waals surface area contributed by atoms with Crippen LogP contribution in [0.4, 0.5) is 0 Å². The molecule has 0 aliphatic rings. The zero-order chi connectivity index (χ0) is 11.1. The molecule has 0 aromatic carbocycles. The average Bonchev–Trinajstić information content (AvgIpc) is 1.98. The number of hydrogen-bond acceptors (Lipinski definition) is 3. The first-order chi connectivity index (χ1) is 6.41. The van der Waals surface area contributed by atoms with Gasteiger partial charge in [-0.05, 0) is 34.1 Å². The maximum Gasteiger partial charge on any atom is 0.246 e. The highest BCUT2D eigenvalue weighted by molar-refractivity contribution is 5.77. The summed E-state index contributed by atoms with van der Waals surface area (Å²) in [4.78, 5) is 11.2. The molecule has 84 valence electrons. The van der Waals surface area contributed by atoms with Crippen LogP contribution in [0.2, 0.25) is 0 Å². The van der Waals surface area contributed by atoms with E-state index in [1.807, 2.05) is 20.8 Å². The summed E-state index contributed by atoms with van der Waals surface area (Å²) >= 11 is 0. The van der Waals surface area contributed by atoms with Gasteiger partial charge in [-0.1, -0.05) is 0 Å². The maximum atomic E-state index is 11.2. The fraction of sp³-hybridized carbons (Fsp3) is 0.900. The topological polar surface area (TPSA) is 58.6 Å². The van der Waals surface area contributed by atoms with E-state index in [-0.39, 0.29) is 24.7 Å². The van der Waals surface area contributed by atoms with Crippen LogP contribution in [0.5, 0.6) is 0 Å². The lowest BCUT2D eigenvalue weighted by Gasteiger charge is -2.15. The number of aliphatic hydroxyl groups excluding tert-OH is 1. The van der Waals surface area contributed by atoms with E-state index in [4.69, 9.17) is 9.84 Å². The Kier molecular flexibility index (Phi) is 6.49. The van der Waals surface area contributed by atoms with Crippen molar-refractivity contribution in [3.8, 4) is 0 Å². The minimum atomic E-state index is -0.392. The summed E-state index contributed by atoms with van der Waals surface area (Å²) in [7, 11) is 0. The van der Waals surface area contributed by atoms with Gasteiger partial charge in [-0.15, -0.1) is 0 Å². The molecule has 0 aromatic rings. The number of nitrogens with one attached hydrogen (secondary N) is 1. The molecule has 0 aliphatic carbocycles. The summed E-state index contributed by atoms with van der Waals surface area (Å²) < 4.78 is 5.13. The van der Waals surface area contributed by atoms with Gasteiger partial charge in [0.1, 0.15) is 6.61 Å². The SMILES string of the molecule is CC(O)CC(C)NC(=O)COC(C)C. The Hall–Kier alpha value is -0.610. The summed E-state index contributed by atoms with van der Waals surface area (Å²) in [6.45, 7) is 7.41. The molecule has 4 heteroatoms. The van der Waals surface area contributed by atoms with Gasteiger partial charge in [0.2, 0.25) is 5.91 Å². The number of carbonyl (C=O) groups is 1. The second kappa shape index (κ2) is 6.79. The largest absolute Gasteiger partial charge is 0.393 e. The lowest BCUT2D eigenvalue weighted by atomic mass is 10.1. The standard InChI is InChI=1S/C10H21NO3/c1-7(2)14-6-10(13)11-8(3)5-9(4)12/h7-9,12H,5-6H2,1-4H3,(H,11,13). The molecule has 0 fully saturated rings. The third kappa shape index (κ3) is 8.01. The Balaban J connectivity index is 3.60. The number of carbonyl (C=O) groups excluding carboxylic acids is 1. The smallest absolute Gasteiger partial charge is 0.246 e. The van der Waals surface area contributed by atoms with E-state index in [1.54, 1.807) is 6.92 Å². The number of amides is 1. The molecule has 1 amide bonds. The van der Waals surface area contributed by atoms with Crippen LogP contribution in [0.15, 0.2) is 0 Å². The maximum absolute atomic E-state index is 11.2. The normalized spacial score (nSPS) is 15.3. The molecular weight excluding hydrogens is 182 g/mol. The number of aliphatic hydroxyl groups is 1. The van der Waals surface area contributed by atoms with Gasteiger partial charge in [-0.25, -0.2) is 0 Å². The second-order valence-corrected chi connectivity index (χ2v) is 3.91. The van der Waals surface area contributed by atoms with Crippen molar-refractivity contribution in [1.82, 2.24) is 5.32 Å². The molecule has 0 heterocycles. The van der Waals surface area contributed by atoms with E-state index in [2.05, 4.69) is 5.32 Å². The predicted octanol–water partition coefficient (Wildman–Crippen LogP) is 0.687. The molecule has 2 unspecified atom stereocenters. The lowest BCUT2D eigenvalue weighted by Crippen LogP contribution is -2.37. The van der Waals surface area contributed by atoms with Crippen LogP contribution >= 0.6 is 0 Å². The van der Waals surface area contributed by atoms with Crippen molar-refractivity contribution in [2.75, 3.05) is 6.61 Å². The van der Waals surface area contributed by atoms with Crippen molar-refractivity contribution < 1.29 is 14.6 Å². The van der Waals surface area contributed by atoms with Crippen LogP contribution in [0.3, 0.4) is 0 Å². The number of ether oxygens (including phenoxy) is 1. The minimum absolute atomic E-state index is 0.0155. The zero-order valence-electron chi connectivity index (χ0n) is 9.41. The molecule has 2 N–H and O–H groups in total. The Bertz CT molecular complexity index is 169. The fourth-order valence-corrected chi connectivity index (χ4v) is 1.13. The monoisotopic (exact) mass is 203 g/mol. The van der Waals surface area contributed by atoms with Crippen LogP contribution in [0, 0.1) is 0 Å². The summed E-state index contributed by atoms with van der Waals surface area (Å²) in [6.07, 6.45) is 0.233. The molecule has 0 bridgehead atoms. The van der Waals surface area contributed by atoms with Crippen LogP contribution in [-0.2, 0) is 9.53 Å². The number of rotatable bonds is 6. The molecule has 0 saturated carbocycles. The Morgan fingerprint density at radius 3 is 2.36 bits per heavy atom. The Labute approximate surface area is 85.6 Å². The lowest BCUT2D eigenvalue weighted by molar-refractivity contribution is -0.127. The minimum Gasteiger partial charge on any atom is -0.393 e. The van der Waals surface area contributed by atoms with Gasteiger partial charge in [0.05, 0.1) is 12.2 Å². The van der Waals surface area contributed by atoms with E-state index >= 15 is 0 Å². The van der Waals surface area contributed by atoms with Gasteiger partial charge >= 0.3 is 0 Å². The first-order valence-electron chi connectivity index (χ1n) is 5.00. The van der Waals surface area contributed by atoms with E-state index in [0.717, 1.165) is 0 Å². The van der Waals surface area contributed by atoms with Gasteiger partial charge < -0.3 is 15.2 Å². The van der Waals surface area contributed by atoms with Crippen molar-refractivity contribution in [2.24, 2.45) is 0 Å². The summed E-state index contributed by atoms with van der Waals surface area (Å²) in [5.74, 6) is -0.133. The van der Waals surface area contributed by atoms with Crippen molar-refractivity contribution in [3.63, 3.8) is 0 Å². The van der Waals surface area contributed by atoms with Crippen molar-refractivity contribution in [1.29, 1.82) is 0 Å². The van der Waals surface area contributed by atoms with E-state index in [0.29, 0.717) is 6.42 Å². The predicted molar refractivity (Wildman–Crippen MR) is 55.0 cm³/mol. The molecule has 0 aliphatic heterocycles. The van der Waals surface area contributed by atoms with Crippen LogP contribution in [-0.4, -0.2) is 35.9 Å². The third-order valence-electron chi connectivity index (χ3n) is 1.65. The van der Waals surface area contributed by atoms with Crippen LogP contribution in [0.25, 0.3) is 0 Å². The molecule has 0 rings (SSSR count). The van der Waals surface area contributed by atoms with Gasteiger partial charge in [0.25, 0.3) is 0 Å². The summed E-state index contributed by atoms with van der Waals surface area (Å²) in [6, 6.07) is -0.0155. The molecular formula is C10H21NO3. The zero-order valence-corrected chi connectivity index (χ0v) is 9.41. The molecule has 0 aromatic heterocycles. The highest BCUT2D eigenvalue weighted by Gasteiger charge is 2.10. The first kappa shape index (κ1) is 13.4. The summed E-state index contributed by atoms with van der Waals surface area (Å²) in [5.41, 5.74) is 0. The average molecular weight is 203 g/mol. The van der Waals surface area contributed by atoms with Crippen molar-refractivity contribution >= 4 is 5.91 Å². The highest BCUT2D eigenvalue weighted by atomic mass is 16.5. The summed E-state index contributed by atoms with van der Waals surface area (Å²) in [5, 5.41) is 11.8. The molecule has 2 atom stereocenters. The Morgan fingerprint density at radius 2 is 1.93 bits per heavy atom. The van der Waals surface area contributed by atoms with E-state index in [1.165, 1.54) is 0 Å². The van der Waals surface area contributed by atoms with Gasteiger partial charge in [-0.2, -0.15) is 0 Å². The molecule has 0 saturated heterocycles. The first-order valence-corrected chi connectivity index (χ1v) is 5.00. The molecule has 14 heavy (non-hydrogen) atoms. The van der Waals surface area contributed by atoms with Crippen LogP contribution < -0.4 is 5.32 Å². The quantitative estimate of drug-likeness (QED) is 0.667. The van der Waals surface area contributed by atoms with Gasteiger partial charge in [-0.3, -0.25) is 4.79 Å². The van der Waals surface area contributed by atoms with Crippen LogP contribution in [0.1, 0.15) is 34.1 Å². The van der Waals surface area contributed by atoms with E-state index in [9.17, 15) is 4.79 Å². The molecule has 0 spiro atoms. The third-order valence-corrected chi connectivity index (χ3v) is 1.65. The fourth-order valence-electron chi connectivity index (χ4n) is 1.13. The highest BCUT2D eigenvalue weighted by Crippen LogP contribution is 1.96. The Morgan fingerprint density at radius 1 is 1.36 bits per heavy atom. The van der Waals surface area contributed by atoms with Gasteiger partial charge in [0, 0.05) is 6.04 Å². The van der Waals surface area contributed by atoms with E-state index < -0.39 is 6.10 Å².